The number of rotatable bonds is 29. The first kappa shape index (κ1) is 34.1. The van der Waals surface area contributed by atoms with Crippen molar-refractivity contribution in [3.05, 3.63) is 0 Å². The Kier molecular flexibility index (Phi) is 28.6. The Morgan fingerprint density at radius 3 is 1.09 bits per heavy atom. The van der Waals surface area contributed by atoms with Crippen molar-refractivity contribution in [2.75, 3.05) is 126 Å². The van der Waals surface area contributed by atoms with Crippen LogP contribution in [0.15, 0.2) is 0 Å². The zero-order chi connectivity index (χ0) is 25.7. The molecule has 11 nitrogen and oxygen atoms in total. The molecule has 0 aliphatic carbocycles. The van der Waals surface area contributed by atoms with Crippen molar-refractivity contribution in [1.29, 1.82) is 0 Å². The molecule has 1 atom stereocenters. The average molecular weight is 513 g/mol. The minimum atomic E-state index is -0.403. The summed E-state index contributed by atoms with van der Waals surface area (Å²) in [6.07, 6.45) is 1.13. The van der Waals surface area contributed by atoms with Crippen molar-refractivity contribution < 1.29 is 52.2 Å². The van der Waals surface area contributed by atoms with Gasteiger partial charge in [-0.3, -0.25) is 0 Å². The molecule has 0 saturated carbocycles. The first-order chi connectivity index (χ1) is 17.2. The monoisotopic (exact) mass is 512 g/mol. The standard InChI is InChI=1S/C24H48O11/c1-4-23(2)21-34-19-17-32-15-13-30-11-9-28-7-5-27-6-8-29-10-12-31-14-16-33-18-20-35-22-24(25)26-3/h23H,4-22H2,1-3H3. The van der Waals surface area contributed by atoms with Crippen LogP contribution in [0.1, 0.15) is 20.3 Å². The van der Waals surface area contributed by atoms with Gasteiger partial charge in [0, 0.05) is 6.61 Å². The van der Waals surface area contributed by atoms with Gasteiger partial charge in [0.1, 0.15) is 6.61 Å². The van der Waals surface area contributed by atoms with E-state index in [4.69, 9.17) is 42.6 Å². The minimum absolute atomic E-state index is 0.0638. The third-order valence-corrected chi connectivity index (χ3v) is 4.52. The van der Waals surface area contributed by atoms with Gasteiger partial charge in [0.2, 0.25) is 0 Å². The third kappa shape index (κ3) is 29.2. The molecule has 0 aliphatic rings. The van der Waals surface area contributed by atoms with Crippen LogP contribution in [0.4, 0.5) is 0 Å². The number of methoxy groups -OCH3 is 1. The van der Waals surface area contributed by atoms with Gasteiger partial charge in [-0.05, 0) is 5.92 Å². The molecule has 0 fully saturated rings. The second-order valence-corrected chi connectivity index (χ2v) is 7.50. The predicted molar refractivity (Wildman–Crippen MR) is 129 cm³/mol. The highest BCUT2D eigenvalue weighted by Gasteiger charge is 2.00. The molecule has 0 aromatic heterocycles. The van der Waals surface area contributed by atoms with E-state index < -0.39 is 5.97 Å². The van der Waals surface area contributed by atoms with Crippen LogP contribution in [-0.4, -0.2) is 132 Å². The van der Waals surface area contributed by atoms with Crippen LogP contribution in [0.5, 0.6) is 0 Å². The Labute approximate surface area is 210 Å². The molecule has 210 valence electrons. The number of carbonyl (C=O) groups excluding carboxylic acids is 1. The van der Waals surface area contributed by atoms with E-state index in [1.165, 1.54) is 7.11 Å². The van der Waals surface area contributed by atoms with Gasteiger partial charge in [-0.1, -0.05) is 20.3 Å². The van der Waals surface area contributed by atoms with Crippen LogP contribution in [0.25, 0.3) is 0 Å². The topological polar surface area (TPSA) is 109 Å². The van der Waals surface area contributed by atoms with Crippen molar-refractivity contribution in [3.63, 3.8) is 0 Å². The zero-order valence-corrected chi connectivity index (χ0v) is 22.0. The molecule has 0 bridgehead atoms. The fraction of sp³-hybridized carbons (Fsp3) is 0.958. The Hall–Kier alpha value is -0.890. The second kappa shape index (κ2) is 29.3. The van der Waals surface area contributed by atoms with Crippen molar-refractivity contribution in [2.45, 2.75) is 20.3 Å². The first-order valence-electron chi connectivity index (χ1n) is 12.5. The summed E-state index contributed by atoms with van der Waals surface area (Å²) in [5.74, 6) is 0.195. The summed E-state index contributed by atoms with van der Waals surface area (Å²) in [7, 11) is 1.32. The summed E-state index contributed by atoms with van der Waals surface area (Å²) >= 11 is 0. The van der Waals surface area contributed by atoms with Gasteiger partial charge in [0.15, 0.2) is 0 Å². The molecule has 0 aliphatic heterocycles. The molecule has 0 heterocycles. The molecule has 0 spiro atoms. The Bertz CT molecular complexity index is 426. The summed E-state index contributed by atoms with van der Waals surface area (Å²) in [6, 6.07) is 0. The molecular weight excluding hydrogens is 464 g/mol. The van der Waals surface area contributed by atoms with Gasteiger partial charge in [-0.2, -0.15) is 0 Å². The number of esters is 1. The number of hydrogen-bond donors (Lipinski definition) is 0. The van der Waals surface area contributed by atoms with Gasteiger partial charge in [0.05, 0.1) is 113 Å². The molecule has 0 amide bonds. The highest BCUT2D eigenvalue weighted by molar-refractivity contribution is 5.70. The van der Waals surface area contributed by atoms with Crippen LogP contribution in [0.2, 0.25) is 0 Å². The van der Waals surface area contributed by atoms with E-state index in [1.54, 1.807) is 0 Å². The Balaban J connectivity index is 3.05. The highest BCUT2D eigenvalue weighted by atomic mass is 16.6. The zero-order valence-electron chi connectivity index (χ0n) is 22.0. The summed E-state index contributed by atoms with van der Waals surface area (Å²) in [6.45, 7) is 13.1. The van der Waals surface area contributed by atoms with Crippen LogP contribution in [0, 0.1) is 5.92 Å². The fourth-order valence-electron chi connectivity index (χ4n) is 2.27. The average Bonchev–Trinajstić information content (AvgIpc) is 2.87. The Morgan fingerprint density at radius 1 is 0.514 bits per heavy atom. The molecule has 11 heteroatoms. The maximum absolute atomic E-state index is 10.8. The van der Waals surface area contributed by atoms with Gasteiger partial charge < -0.3 is 47.4 Å². The van der Waals surface area contributed by atoms with E-state index in [2.05, 4.69) is 18.6 Å². The normalized spacial score (nSPS) is 12.2. The predicted octanol–water partition coefficient (Wildman–Crippen LogP) is 1.35. The highest BCUT2D eigenvalue weighted by Crippen LogP contribution is 1.99. The van der Waals surface area contributed by atoms with Crippen molar-refractivity contribution >= 4 is 5.97 Å². The second-order valence-electron chi connectivity index (χ2n) is 7.50. The van der Waals surface area contributed by atoms with E-state index in [1.807, 2.05) is 0 Å². The van der Waals surface area contributed by atoms with Crippen LogP contribution >= 0.6 is 0 Å². The van der Waals surface area contributed by atoms with E-state index in [-0.39, 0.29) is 6.61 Å². The van der Waals surface area contributed by atoms with Crippen molar-refractivity contribution in [3.8, 4) is 0 Å². The molecule has 0 aromatic rings. The molecule has 0 rings (SSSR count). The fourth-order valence-corrected chi connectivity index (χ4v) is 2.27. The minimum Gasteiger partial charge on any atom is -0.467 e. The smallest absolute Gasteiger partial charge is 0.331 e. The largest absolute Gasteiger partial charge is 0.467 e. The lowest BCUT2D eigenvalue weighted by Gasteiger charge is -2.10. The van der Waals surface area contributed by atoms with E-state index in [0.29, 0.717) is 112 Å². The molecule has 0 saturated heterocycles. The molecule has 0 N–H and O–H groups in total. The van der Waals surface area contributed by atoms with Gasteiger partial charge in [0.25, 0.3) is 0 Å². The van der Waals surface area contributed by atoms with Gasteiger partial charge >= 0.3 is 5.97 Å². The van der Waals surface area contributed by atoms with Gasteiger partial charge in [-0.25, -0.2) is 4.79 Å². The number of ether oxygens (including phenoxy) is 10. The first-order valence-corrected chi connectivity index (χ1v) is 12.5. The Morgan fingerprint density at radius 2 is 0.800 bits per heavy atom. The van der Waals surface area contributed by atoms with E-state index in [9.17, 15) is 4.79 Å². The lowest BCUT2D eigenvalue weighted by Crippen LogP contribution is -2.16. The van der Waals surface area contributed by atoms with Crippen LogP contribution in [0.3, 0.4) is 0 Å². The van der Waals surface area contributed by atoms with E-state index >= 15 is 0 Å². The van der Waals surface area contributed by atoms with Crippen LogP contribution < -0.4 is 0 Å². The van der Waals surface area contributed by atoms with Gasteiger partial charge in [-0.15, -0.1) is 0 Å². The summed E-state index contributed by atoms with van der Waals surface area (Å²) in [4.78, 5) is 10.8. The lowest BCUT2D eigenvalue weighted by molar-refractivity contribution is -0.146. The SMILES string of the molecule is CCC(C)COCCOCCOCCOCCOCCOCCOCCOCCOCC(=O)OC. The summed E-state index contributed by atoms with van der Waals surface area (Å²) in [5, 5.41) is 0. The maximum atomic E-state index is 10.8. The van der Waals surface area contributed by atoms with Crippen molar-refractivity contribution in [1.82, 2.24) is 0 Å². The molecule has 1 unspecified atom stereocenters. The van der Waals surface area contributed by atoms with Crippen LogP contribution in [-0.2, 0) is 52.2 Å². The number of carbonyl (C=O) groups is 1. The maximum Gasteiger partial charge on any atom is 0.331 e. The molecule has 0 aromatic carbocycles. The quantitative estimate of drug-likeness (QED) is 0.107. The van der Waals surface area contributed by atoms with E-state index in [0.717, 1.165) is 13.0 Å². The summed E-state index contributed by atoms with van der Waals surface area (Å²) in [5.41, 5.74) is 0. The molecular formula is C24H48O11. The molecule has 0 radical (unpaired) electrons. The summed E-state index contributed by atoms with van der Waals surface area (Å²) < 4.78 is 52.9. The number of hydrogen-bond acceptors (Lipinski definition) is 11. The lowest BCUT2D eigenvalue weighted by atomic mass is 10.1. The van der Waals surface area contributed by atoms with Crippen molar-refractivity contribution in [2.24, 2.45) is 5.92 Å². The molecule has 35 heavy (non-hydrogen) atoms. The third-order valence-electron chi connectivity index (χ3n) is 4.52.